The zero-order chi connectivity index (χ0) is 20.3. The van der Waals surface area contributed by atoms with Crippen LogP contribution in [0.25, 0.3) is 11.3 Å². The van der Waals surface area contributed by atoms with Crippen LogP contribution in [-0.4, -0.2) is 52.4 Å². The second-order valence-electron chi connectivity index (χ2n) is 6.01. The molecule has 28 heavy (non-hydrogen) atoms. The van der Waals surface area contributed by atoms with Gasteiger partial charge in [0.2, 0.25) is 5.91 Å². The number of carbonyl (C=O) groups is 2. The summed E-state index contributed by atoms with van der Waals surface area (Å²) in [6.45, 7) is 1.73. The molecule has 0 bridgehead atoms. The van der Waals surface area contributed by atoms with E-state index in [0.717, 1.165) is 0 Å². The number of halogens is 1. The molecule has 4 N–H and O–H groups in total. The summed E-state index contributed by atoms with van der Waals surface area (Å²) in [6.07, 6.45) is -1.14. The van der Waals surface area contributed by atoms with Gasteiger partial charge in [0, 0.05) is 12.5 Å². The van der Waals surface area contributed by atoms with Crippen molar-refractivity contribution in [3.63, 3.8) is 0 Å². The molecule has 146 valence electrons. The van der Waals surface area contributed by atoms with Gasteiger partial charge in [-0.2, -0.15) is 0 Å². The molecule has 1 fully saturated rings. The smallest absolute Gasteiger partial charge is 0.414 e. The summed E-state index contributed by atoms with van der Waals surface area (Å²) in [7, 11) is 0. The number of nitrogens with two attached hydrogens (primary N) is 1. The molecule has 1 aromatic heterocycles. The zero-order valence-electron chi connectivity index (χ0n) is 14.8. The van der Waals surface area contributed by atoms with Crippen molar-refractivity contribution in [3.05, 3.63) is 41.8 Å². The van der Waals surface area contributed by atoms with Crippen molar-refractivity contribution in [2.24, 2.45) is 10.9 Å². The van der Waals surface area contributed by atoms with Crippen LogP contribution in [-0.2, 0) is 9.53 Å². The van der Waals surface area contributed by atoms with E-state index in [1.54, 1.807) is 6.07 Å². The Morgan fingerprint density at radius 2 is 2.21 bits per heavy atom. The highest BCUT2D eigenvalue weighted by molar-refractivity contribution is 5.95. The number of amidine groups is 1. The highest BCUT2D eigenvalue weighted by atomic mass is 19.1. The van der Waals surface area contributed by atoms with Gasteiger partial charge in [0.1, 0.15) is 17.6 Å². The van der Waals surface area contributed by atoms with Gasteiger partial charge in [0.15, 0.2) is 5.84 Å². The Bertz CT molecular complexity index is 934. The first-order chi connectivity index (χ1) is 13.4. The first-order valence-electron chi connectivity index (χ1n) is 8.23. The number of rotatable bonds is 5. The molecule has 0 saturated carbocycles. The number of ether oxygens (including phenoxy) is 1. The molecule has 10 nitrogen and oxygen atoms in total. The molecule has 2 heterocycles. The standard InChI is InChI=1S/C17H17FN6O4/c1-9(25)20-7-11-8-24(17(26)28-11)10-2-3-12(13(18)6-10)14-4-5-15(22-21-14)16(19)23-27/h2-6,11,27H,7-8H2,1H3,(H2,19,23)(H,20,25)/t11-/m0/s1. The predicted molar refractivity (Wildman–Crippen MR) is 96.2 cm³/mol. The Morgan fingerprint density at radius 1 is 1.43 bits per heavy atom. The summed E-state index contributed by atoms with van der Waals surface area (Å²) < 4.78 is 19.8. The summed E-state index contributed by atoms with van der Waals surface area (Å²) in [4.78, 5) is 24.3. The highest BCUT2D eigenvalue weighted by Crippen LogP contribution is 2.28. The summed E-state index contributed by atoms with van der Waals surface area (Å²) in [6, 6.07) is 7.13. The average Bonchev–Trinajstić information content (AvgIpc) is 3.06. The van der Waals surface area contributed by atoms with Gasteiger partial charge in [0.25, 0.3) is 0 Å². The molecule has 0 spiro atoms. The number of cyclic esters (lactones) is 1. The summed E-state index contributed by atoms with van der Waals surface area (Å²) in [5.41, 5.74) is 6.29. The lowest BCUT2D eigenvalue weighted by molar-refractivity contribution is -0.119. The van der Waals surface area contributed by atoms with E-state index in [0.29, 0.717) is 5.69 Å². The second kappa shape index (κ2) is 7.86. The monoisotopic (exact) mass is 388 g/mol. The van der Waals surface area contributed by atoms with Crippen LogP contribution in [0.5, 0.6) is 0 Å². The van der Waals surface area contributed by atoms with Gasteiger partial charge in [-0.1, -0.05) is 5.16 Å². The molecular weight excluding hydrogens is 371 g/mol. The number of oxime groups is 1. The van der Waals surface area contributed by atoms with Crippen LogP contribution in [0.1, 0.15) is 12.6 Å². The number of amides is 2. The van der Waals surface area contributed by atoms with Crippen LogP contribution in [0.15, 0.2) is 35.5 Å². The number of anilines is 1. The Morgan fingerprint density at radius 3 is 2.82 bits per heavy atom. The third kappa shape index (κ3) is 3.98. The molecule has 0 unspecified atom stereocenters. The molecule has 0 aliphatic carbocycles. The van der Waals surface area contributed by atoms with Gasteiger partial charge in [-0.3, -0.25) is 9.69 Å². The second-order valence-corrected chi connectivity index (χ2v) is 6.01. The lowest BCUT2D eigenvalue weighted by Gasteiger charge is -2.14. The molecule has 1 saturated heterocycles. The topological polar surface area (TPSA) is 143 Å². The van der Waals surface area contributed by atoms with Crippen LogP contribution in [0.2, 0.25) is 0 Å². The van der Waals surface area contributed by atoms with Crippen molar-refractivity contribution in [3.8, 4) is 11.3 Å². The van der Waals surface area contributed by atoms with Crippen molar-refractivity contribution in [1.82, 2.24) is 15.5 Å². The zero-order valence-corrected chi connectivity index (χ0v) is 14.8. The fraction of sp³-hybridized carbons (Fsp3) is 0.235. The van der Waals surface area contributed by atoms with Gasteiger partial charge >= 0.3 is 6.09 Å². The van der Waals surface area contributed by atoms with Crippen molar-refractivity contribution in [2.75, 3.05) is 18.0 Å². The van der Waals surface area contributed by atoms with E-state index in [2.05, 4.69) is 20.7 Å². The average molecular weight is 388 g/mol. The van der Waals surface area contributed by atoms with E-state index in [1.807, 2.05) is 0 Å². The first kappa shape index (κ1) is 19.0. The lowest BCUT2D eigenvalue weighted by atomic mass is 10.1. The molecule has 3 rings (SSSR count). The normalized spacial score (nSPS) is 16.8. The quantitative estimate of drug-likeness (QED) is 0.298. The van der Waals surface area contributed by atoms with Gasteiger partial charge in [-0.15, -0.1) is 10.2 Å². The number of benzene rings is 1. The summed E-state index contributed by atoms with van der Waals surface area (Å²) in [5.74, 6) is -1.05. The van der Waals surface area contributed by atoms with Crippen LogP contribution < -0.4 is 16.0 Å². The molecule has 1 aliphatic rings. The van der Waals surface area contributed by atoms with Crippen molar-refractivity contribution < 1.29 is 23.9 Å². The van der Waals surface area contributed by atoms with Crippen LogP contribution in [0, 0.1) is 5.82 Å². The van der Waals surface area contributed by atoms with E-state index in [4.69, 9.17) is 15.7 Å². The molecule has 2 amide bonds. The molecule has 11 heteroatoms. The predicted octanol–water partition coefficient (Wildman–Crippen LogP) is 0.838. The maximum atomic E-state index is 14.6. The Hall–Kier alpha value is -3.76. The minimum absolute atomic E-state index is 0.147. The minimum Gasteiger partial charge on any atom is -0.442 e. The molecule has 2 aromatic rings. The van der Waals surface area contributed by atoms with Crippen LogP contribution in [0.3, 0.4) is 0 Å². The molecular formula is C17H17FN6O4. The Kier molecular flexibility index (Phi) is 5.34. The number of nitrogens with zero attached hydrogens (tertiary/aromatic N) is 4. The van der Waals surface area contributed by atoms with E-state index >= 15 is 0 Å². The third-order valence-electron chi connectivity index (χ3n) is 4.03. The van der Waals surface area contributed by atoms with E-state index in [-0.39, 0.29) is 41.8 Å². The molecule has 1 aliphatic heterocycles. The molecule has 1 aromatic carbocycles. The van der Waals surface area contributed by atoms with Crippen molar-refractivity contribution in [1.29, 1.82) is 0 Å². The molecule has 1 atom stereocenters. The first-order valence-corrected chi connectivity index (χ1v) is 8.23. The summed E-state index contributed by atoms with van der Waals surface area (Å²) >= 11 is 0. The maximum absolute atomic E-state index is 14.6. The van der Waals surface area contributed by atoms with Gasteiger partial charge in [0.05, 0.1) is 24.5 Å². The highest BCUT2D eigenvalue weighted by Gasteiger charge is 2.32. The van der Waals surface area contributed by atoms with Crippen molar-refractivity contribution in [2.45, 2.75) is 13.0 Å². The van der Waals surface area contributed by atoms with E-state index in [9.17, 15) is 14.0 Å². The van der Waals surface area contributed by atoms with Gasteiger partial charge in [-0.25, -0.2) is 9.18 Å². The number of carbonyl (C=O) groups excluding carboxylic acids is 2. The number of aromatic nitrogens is 2. The maximum Gasteiger partial charge on any atom is 0.414 e. The van der Waals surface area contributed by atoms with Gasteiger partial charge < -0.3 is 21.0 Å². The lowest BCUT2D eigenvalue weighted by Crippen LogP contribution is -2.33. The van der Waals surface area contributed by atoms with E-state index in [1.165, 1.54) is 36.1 Å². The van der Waals surface area contributed by atoms with Crippen LogP contribution >= 0.6 is 0 Å². The fourth-order valence-corrected chi connectivity index (χ4v) is 2.64. The minimum atomic E-state index is -0.620. The molecule has 0 radical (unpaired) electrons. The van der Waals surface area contributed by atoms with E-state index < -0.39 is 18.0 Å². The Labute approximate surface area is 158 Å². The van der Waals surface area contributed by atoms with Gasteiger partial charge in [-0.05, 0) is 30.3 Å². The fourth-order valence-electron chi connectivity index (χ4n) is 2.64. The third-order valence-corrected chi connectivity index (χ3v) is 4.03. The Balaban J connectivity index is 1.77. The summed E-state index contributed by atoms with van der Waals surface area (Å²) in [5, 5.41) is 21.7. The number of hydrogen-bond acceptors (Lipinski definition) is 7. The number of nitrogens with one attached hydrogen (secondary N) is 1. The van der Waals surface area contributed by atoms with Crippen LogP contribution in [0.4, 0.5) is 14.9 Å². The SMILES string of the molecule is CC(=O)NC[C@H]1CN(c2ccc(-c3ccc(/C(N)=N/O)nn3)c(F)c2)C(=O)O1. The number of hydrogen-bond donors (Lipinski definition) is 3. The van der Waals surface area contributed by atoms with Crippen molar-refractivity contribution >= 4 is 23.5 Å². The largest absolute Gasteiger partial charge is 0.442 e.